The molecule has 1 aromatic heterocycles. The van der Waals surface area contributed by atoms with E-state index in [-0.39, 0.29) is 18.2 Å². The van der Waals surface area contributed by atoms with Crippen LogP contribution in [-0.2, 0) is 11.8 Å². The van der Waals surface area contributed by atoms with Crippen LogP contribution in [0.2, 0.25) is 0 Å². The van der Waals surface area contributed by atoms with E-state index < -0.39 is 11.6 Å². The van der Waals surface area contributed by atoms with Crippen molar-refractivity contribution in [3.8, 4) is 0 Å². The van der Waals surface area contributed by atoms with Gasteiger partial charge in [-0.05, 0) is 25.5 Å². The molecule has 1 aliphatic rings. The SMILES string of the molecule is CCCCC1(C)NC(=O)N(CC(=O)c2cccn2C)C1=O. The van der Waals surface area contributed by atoms with Crippen LogP contribution in [0.5, 0.6) is 0 Å². The van der Waals surface area contributed by atoms with E-state index in [0.29, 0.717) is 12.1 Å². The molecule has 2 rings (SSSR count). The Labute approximate surface area is 124 Å². The van der Waals surface area contributed by atoms with E-state index in [1.165, 1.54) is 0 Å². The maximum Gasteiger partial charge on any atom is 0.325 e. The van der Waals surface area contributed by atoms with Crippen LogP contribution in [0.1, 0.15) is 43.6 Å². The van der Waals surface area contributed by atoms with Gasteiger partial charge in [0.05, 0.1) is 12.2 Å². The Morgan fingerprint density at radius 3 is 2.67 bits per heavy atom. The number of carbonyl (C=O) groups excluding carboxylic acids is 3. The van der Waals surface area contributed by atoms with Crippen LogP contribution in [0.15, 0.2) is 18.3 Å². The number of nitrogens with zero attached hydrogens (tertiary/aromatic N) is 2. The van der Waals surface area contributed by atoms with Gasteiger partial charge in [-0.2, -0.15) is 0 Å². The molecule has 0 bridgehead atoms. The summed E-state index contributed by atoms with van der Waals surface area (Å²) in [6, 6.07) is 2.95. The molecule has 0 spiro atoms. The molecule has 3 amide bonds. The number of aromatic nitrogens is 1. The van der Waals surface area contributed by atoms with Crippen LogP contribution < -0.4 is 5.32 Å². The summed E-state index contributed by atoms with van der Waals surface area (Å²) >= 11 is 0. The minimum atomic E-state index is -0.887. The second-order valence-corrected chi connectivity index (χ2v) is 5.68. The molecule has 1 fully saturated rings. The number of Topliss-reactive ketones (excluding diaryl/α,β-unsaturated/α-hetero) is 1. The zero-order chi connectivity index (χ0) is 15.6. The first-order valence-corrected chi connectivity index (χ1v) is 7.17. The fourth-order valence-electron chi connectivity index (χ4n) is 2.57. The first kappa shape index (κ1) is 15.3. The third kappa shape index (κ3) is 2.84. The number of nitrogens with one attached hydrogen (secondary N) is 1. The quantitative estimate of drug-likeness (QED) is 0.640. The molecular formula is C15H21N3O3. The van der Waals surface area contributed by atoms with Crippen LogP contribution in [0.25, 0.3) is 0 Å². The smallest absolute Gasteiger partial charge is 0.325 e. The van der Waals surface area contributed by atoms with E-state index in [4.69, 9.17) is 0 Å². The number of carbonyl (C=O) groups is 3. The highest BCUT2D eigenvalue weighted by molar-refractivity contribution is 6.10. The number of imide groups is 1. The van der Waals surface area contributed by atoms with Gasteiger partial charge in [-0.3, -0.25) is 14.5 Å². The van der Waals surface area contributed by atoms with Crippen molar-refractivity contribution in [2.24, 2.45) is 7.05 Å². The van der Waals surface area contributed by atoms with Crippen LogP contribution >= 0.6 is 0 Å². The van der Waals surface area contributed by atoms with Gasteiger partial charge in [-0.15, -0.1) is 0 Å². The second-order valence-electron chi connectivity index (χ2n) is 5.68. The summed E-state index contributed by atoms with van der Waals surface area (Å²) in [5, 5.41) is 2.71. The molecule has 0 saturated carbocycles. The van der Waals surface area contributed by atoms with Crippen molar-refractivity contribution in [3.05, 3.63) is 24.0 Å². The largest absolute Gasteiger partial charge is 0.348 e. The first-order chi connectivity index (χ1) is 9.89. The number of hydrogen-bond donors (Lipinski definition) is 1. The normalized spacial score (nSPS) is 21.8. The van der Waals surface area contributed by atoms with Crippen molar-refractivity contribution >= 4 is 17.7 Å². The van der Waals surface area contributed by atoms with E-state index in [0.717, 1.165) is 17.7 Å². The summed E-state index contributed by atoms with van der Waals surface area (Å²) in [7, 11) is 1.75. The maximum absolute atomic E-state index is 12.4. The highest BCUT2D eigenvalue weighted by Crippen LogP contribution is 2.23. The van der Waals surface area contributed by atoms with Crippen LogP contribution in [0.3, 0.4) is 0 Å². The lowest BCUT2D eigenvalue weighted by atomic mass is 9.95. The van der Waals surface area contributed by atoms with Gasteiger partial charge < -0.3 is 9.88 Å². The fourth-order valence-corrected chi connectivity index (χ4v) is 2.57. The fraction of sp³-hybridized carbons (Fsp3) is 0.533. The standard InChI is InChI=1S/C15H21N3O3/c1-4-5-8-15(2)13(20)18(14(21)16-15)10-12(19)11-7-6-9-17(11)3/h6-7,9H,4-5,8,10H2,1-3H3,(H,16,21). The summed E-state index contributed by atoms with van der Waals surface area (Å²) in [5.41, 5.74) is -0.403. The first-order valence-electron chi connectivity index (χ1n) is 7.17. The second kappa shape index (κ2) is 5.71. The van der Waals surface area contributed by atoms with Gasteiger partial charge in [0.25, 0.3) is 5.91 Å². The maximum atomic E-state index is 12.4. The Morgan fingerprint density at radius 1 is 1.38 bits per heavy atom. The third-order valence-electron chi connectivity index (χ3n) is 3.91. The third-order valence-corrected chi connectivity index (χ3v) is 3.91. The molecule has 0 radical (unpaired) electrons. The Morgan fingerprint density at radius 2 is 2.10 bits per heavy atom. The minimum Gasteiger partial charge on any atom is -0.348 e. The number of amides is 3. The van der Waals surface area contributed by atoms with E-state index >= 15 is 0 Å². The van der Waals surface area contributed by atoms with Crippen molar-refractivity contribution in [1.82, 2.24) is 14.8 Å². The molecule has 1 N–H and O–H groups in total. The van der Waals surface area contributed by atoms with Crippen molar-refractivity contribution in [3.63, 3.8) is 0 Å². The Kier molecular flexibility index (Phi) is 4.16. The van der Waals surface area contributed by atoms with Gasteiger partial charge in [0.15, 0.2) is 5.78 Å². The summed E-state index contributed by atoms with van der Waals surface area (Å²) in [4.78, 5) is 37.6. The highest BCUT2D eigenvalue weighted by atomic mass is 16.2. The number of unbranched alkanes of at least 4 members (excludes halogenated alkanes) is 1. The average Bonchev–Trinajstić information content (AvgIpc) is 2.94. The Bertz CT molecular complexity index is 578. The molecule has 2 heterocycles. The Hall–Kier alpha value is -2.11. The van der Waals surface area contributed by atoms with Gasteiger partial charge >= 0.3 is 6.03 Å². The average molecular weight is 291 g/mol. The van der Waals surface area contributed by atoms with E-state index in [1.807, 2.05) is 6.92 Å². The highest BCUT2D eigenvalue weighted by Gasteiger charge is 2.47. The lowest BCUT2D eigenvalue weighted by Crippen LogP contribution is -2.44. The molecule has 6 nitrogen and oxygen atoms in total. The van der Waals surface area contributed by atoms with Gasteiger partial charge in [0.2, 0.25) is 0 Å². The topological polar surface area (TPSA) is 71.4 Å². The number of aryl methyl sites for hydroxylation is 1. The number of hydrogen-bond acceptors (Lipinski definition) is 3. The van der Waals surface area contributed by atoms with Crippen LogP contribution in [-0.4, -0.2) is 39.3 Å². The summed E-state index contributed by atoms with van der Waals surface area (Å²) in [6.45, 7) is 3.53. The predicted molar refractivity (Wildman–Crippen MR) is 77.9 cm³/mol. The van der Waals surface area contributed by atoms with Crippen LogP contribution in [0, 0.1) is 0 Å². The van der Waals surface area contributed by atoms with Crippen LogP contribution in [0.4, 0.5) is 4.79 Å². The summed E-state index contributed by atoms with van der Waals surface area (Å²) in [6.07, 6.45) is 4.14. The molecule has 1 unspecified atom stereocenters. The molecule has 1 aliphatic heterocycles. The molecule has 114 valence electrons. The van der Waals surface area contributed by atoms with E-state index in [1.54, 1.807) is 36.9 Å². The molecule has 1 saturated heterocycles. The Balaban J connectivity index is 2.11. The predicted octanol–water partition coefficient (Wildman–Crippen LogP) is 1.71. The zero-order valence-corrected chi connectivity index (χ0v) is 12.7. The van der Waals surface area contributed by atoms with E-state index in [2.05, 4.69) is 5.32 Å². The molecule has 21 heavy (non-hydrogen) atoms. The van der Waals surface area contributed by atoms with Gasteiger partial charge in [0.1, 0.15) is 5.54 Å². The lowest BCUT2D eigenvalue weighted by Gasteiger charge is -2.21. The minimum absolute atomic E-state index is 0.218. The van der Waals surface area contributed by atoms with Gasteiger partial charge in [0, 0.05) is 13.2 Å². The number of urea groups is 1. The van der Waals surface area contributed by atoms with Crippen molar-refractivity contribution in [2.75, 3.05) is 6.54 Å². The molecule has 1 atom stereocenters. The monoisotopic (exact) mass is 291 g/mol. The lowest BCUT2D eigenvalue weighted by molar-refractivity contribution is -0.130. The summed E-state index contributed by atoms with van der Waals surface area (Å²) < 4.78 is 1.68. The van der Waals surface area contributed by atoms with Crippen molar-refractivity contribution < 1.29 is 14.4 Å². The molecule has 1 aromatic rings. The van der Waals surface area contributed by atoms with E-state index in [9.17, 15) is 14.4 Å². The van der Waals surface area contributed by atoms with Crippen molar-refractivity contribution in [2.45, 2.75) is 38.6 Å². The number of ketones is 1. The number of rotatable bonds is 6. The molecule has 0 aliphatic carbocycles. The molecule has 6 heteroatoms. The van der Waals surface area contributed by atoms with Gasteiger partial charge in [-0.1, -0.05) is 19.8 Å². The zero-order valence-electron chi connectivity index (χ0n) is 12.7. The van der Waals surface area contributed by atoms with Gasteiger partial charge in [-0.25, -0.2) is 4.79 Å². The molecule has 0 aromatic carbocycles. The summed E-state index contributed by atoms with van der Waals surface area (Å²) in [5.74, 6) is -0.561. The van der Waals surface area contributed by atoms with Crippen molar-refractivity contribution in [1.29, 1.82) is 0 Å². The molecular weight excluding hydrogens is 270 g/mol.